The van der Waals surface area contributed by atoms with Crippen molar-refractivity contribution in [3.8, 4) is 10.4 Å². The molecule has 0 fully saturated rings. The summed E-state index contributed by atoms with van der Waals surface area (Å²) in [6, 6.07) is 13.4. The molecule has 0 saturated heterocycles. The molecule has 9 heteroatoms. The third-order valence-electron chi connectivity index (χ3n) is 4.78. The number of aromatic nitrogens is 3. The number of hydrogen-bond acceptors (Lipinski definition) is 7. The zero-order valence-corrected chi connectivity index (χ0v) is 19.3. The number of amides is 1. The lowest BCUT2D eigenvalue weighted by Gasteiger charge is -2.16. The summed E-state index contributed by atoms with van der Waals surface area (Å²) in [6.07, 6.45) is 2.21. The van der Waals surface area contributed by atoms with Crippen molar-refractivity contribution < 1.29 is 9.32 Å². The fraction of sp³-hybridized carbons (Fsp3) is 0.217. The van der Waals surface area contributed by atoms with Crippen molar-refractivity contribution in [2.24, 2.45) is 0 Å². The number of fused-ring (bicyclic) bond motifs is 1. The van der Waals surface area contributed by atoms with E-state index in [0.29, 0.717) is 39.9 Å². The van der Waals surface area contributed by atoms with Crippen molar-refractivity contribution >= 4 is 45.0 Å². The molecule has 7 nitrogen and oxygen atoms in total. The largest absolute Gasteiger partial charge is 0.360 e. The SMILES string of the molecule is C=CCn1c(SC(CC)C(=O)Nc2cc(C)on2)nc2sc(-c3ccccc3)cc2c1=O. The van der Waals surface area contributed by atoms with Gasteiger partial charge in [0.1, 0.15) is 10.6 Å². The minimum atomic E-state index is -0.457. The zero-order chi connectivity index (χ0) is 22.7. The topological polar surface area (TPSA) is 90.0 Å². The molecule has 32 heavy (non-hydrogen) atoms. The van der Waals surface area contributed by atoms with Crippen molar-refractivity contribution in [3.05, 3.63) is 71.2 Å². The van der Waals surface area contributed by atoms with Gasteiger partial charge in [0.05, 0.1) is 10.6 Å². The molecule has 1 aromatic carbocycles. The molecule has 0 aliphatic heterocycles. The molecule has 1 unspecified atom stereocenters. The second kappa shape index (κ2) is 9.54. The summed E-state index contributed by atoms with van der Waals surface area (Å²) < 4.78 is 6.58. The molecular formula is C23H22N4O3S2. The summed E-state index contributed by atoms with van der Waals surface area (Å²) in [6.45, 7) is 7.75. The molecule has 3 heterocycles. The number of allylic oxidation sites excluding steroid dienone is 1. The van der Waals surface area contributed by atoms with Crippen molar-refractivity contribution in [1.29, 1.82) is 0 Å². The standard InChI is InChI=1S/C23H22N4O3S2/c1-4-11-27-22(29)16-13-18(15-9-7-6-8-10-15)31-21(16)25-23(27)32-17(5-2)20(28)24-19-12-14(3)30-26-19/h4,6-10,12-13,17H,1,5,11H2,2-3H3,(H,24,26,28). The van der Waals surface area contributed by atoms with Crippen LogP contribution < -0.4 is 10.9 Å². The summed E-state index contributed by atoms with van der Waals surface area (Å²) >= 11 is 2.73. The van der Waals surface area contributed by atoms with E-state index in [-0.39, 0.29) is 11.5 Å². The van der Waals surface area contributed by atoms with Crippen molar-refractivity contribution in [2.75, 3.05) is 5.32 Å². The first-order valence-electron chi connectivity index (χ1n) is 10.1. The van der Waals surface area contributed by atoms with Gasteiger partial charge >= 0.3 is 0 Å². The fourth-order valence-electron chi connectivity index (χ4n) is 3.20. The van der Waals surface area contributed by atoms with Gasteiger partial charge in [-0.15, -0.1) is 17.9 Å². The maximum Gasteiger partial charge on any atom is 0.263 e. The van der Waals surface area contributed by atoms with Crippen LogP contribution in [0.2, 0.25) is 0 Å². The summed E-state index contributed by atoms with van der Waals surface area (Å²) in [5.74, 6) is 0.755. The number of anilines is 1. The molecule has 0 saturated carbocycles. The third kappa shape index (κ3) is 4.53. The molecule has 1 N–H and O–H groups in total. The lowest BCUT2D eigenvalue weighted by Crippen LogP contribution is -2.28. The van der Waals surface area contributed by atoms with E-state index in [4.69, 9.17) is 9.51 Å². The predicted molar refractivity (Wildman–Crippen MR) is 129 cm³/mol. The van der Waals surface area contributed by atoms with Crippen molar-refractivity contribution in [3.63, 3.8) is 0 Å². The maximum absolute atomic E-state index is 13.3. The number of nitrogens with zero attached hydrogens (tertiary/aromatic N) is 3. The van der Waals surface area contributed by atoms with Crippen LogP contribution in [-0.4, -0.2) is 25.9 Å². The molecule has 3 aromatic heterocycles. The minimum Gasteiger partial charge on any atom is -0.360 e. The number of benzene rings is 1. The number of thiophene rings is 1. The fourth-order valence-corrected chi connectivity index (χ4v) is 5.30. The van der Waals surface area contributed by atoms with Crippen LogP contribution in [0.5, 0.6) is 0 Å². The van der Waals surface area contributed by atoms with E-state index in [1.165, 1.54) is 23.1 Å². The monoisotopic (exact) mass is 466 g/mol. The summed E-state index contributed by atoms with van der Waals surface area (Å²) in [5.41, 5.74) is 0.895. The number of rotatable bonds is 8. The van der Waals surface area contributed by atoms with E-state index in [2.05, 4.69) is 17.1 Å². The second-order valence-corrected chi connectivity index (χ2v) is 9.32. The minimum absolute atomic E-state index is 0.141. The highest BCUT2D eigenvalue weighted by molar-refractivity contribution is 8.00. The molecule has 1 amide bonds. The van der Waals surface area contributed by atoms with Crippen molar-refractivity contribution in [2.45, 2.75) is 37.2 Å². The number of thioether (sulfide) groups is 1. The van der Waals surface area contributed by atoms with E-state index >= 15 is 0 Å². The lowest BCUT2D eigenvalue weighted by atomic mass is 10.2. The van der Waals surface area contributed by atoms with Crippen LogP contribution in [0.25, 0.3) is 20.7 Å². The molecule has 4 aromatic rings. The molecule has 0 aliphatic carbocycles. The van der Waals surface area contributed by atoms with Gasteiger partial charge in [-0.1, -0.05) is 60.3 Å². The summed E-state index contributed by atoms with van der Waals surface area (Å²) in [4.78, 5) is 32.5. The molecular weight excluding hydrogens is 444 g/mol. The Morgan fingerprint density at radius 3 is 2.78 bits per heavy atom. The van der Waals surface area contributed by atoms with Gasteiger partial charge in [0.2, 0.25) is 5.91 Å². The molecule has 0 spiro atoms. The first kappa shape index (κ1) is 22.0. The second-order valence-electron chi connectivity index (χ2n) is 7.12. The molecule has 0 aliphatic rings. The number of hydrogen-bond donors (Lipinski definition) is 1. The Kier molecular flexibility index (Phi) is 6.57. The van der Waals surface area contributed by atoms with Crippen molar-refractivity contribution in [1.82, 2.24) is 14.7 Å². The summed E-state index contributed by atoms with van der Waals surface area (Å²) in [5, 5.41) is 7.18. The van der Waals surface area contributed by atoms with Gasteiger partial charge in [0.25, 0.3) is 5.56 Å². The van der Waals surface area contributed by atoms with E-state index in [0.717, 1.165) is 10.4 Å². The molecule has 0 radical (unpaired) electrons. The van der Waals surface area contributed by atoms with Crippen LogP contribution in [0.1, 0.15) is 19.1 Å². The molecule has 164 valence electrons. The van der Waals surface area contributed by atoms with E-state index in [1.54, 1.807) is 23.6 Å². The van der Waals surface area contributed by atoms with Gasteiger partial charge < -0.3 is 9.84 Å². The molecule has 4 rings (SSSR count). The zero-order valence-electron chi connectivity index (χ0n) is 17.7. The molecule has 1 atom stereocenters. The Bertz CT molecular complexity index is 1320. The van der Waals surface area contributed by atoms with E-state index in [9.17, 15) is 9.59 Å². The smallest absolute Gasteiger partial charge is 0.263 e. The molecule has 0 bridgehead atoms. The van der Waals surface area contributed by atoms with Gasteiger partial charge in [-0.25, -0.2) is 4.98 Å². The summed E-state index contributed by atoms with van der Waals surface area (Å²) in [7, 11) is 0. The number of carbonyl (C=O) groups is 1. The van der Waals surface area contributed by atoms with Gasteiger partial charge in [-0.2, -0.15) is 0 Å². The normalized spacial score (nSPS) is 12.1. The maximum atomic E-state index is 13.3. The quantitative estimate of drug-likeness (QED) is 0.220. The lowest BCUT2D eigenvalue weighted by molar-refractivity contribution is -0.115. The van der Waals surface area contributed by atoms with Crippen LogP contribution in [-0.2, 0) is 11.3 Å². The third-order valence-corrected chi connectivity index (χ3v) is 7.21. The van der Waals surface area contributed by atoms with Crippen LogP contribution in [0, 0.1) is 6.92 Å². The average Bonchev–Trinajstić information content (AvgIpc) is 3.41. The average molecular weight is 467 g/mol. The van der Waals surface area contributed by atoms with Gasteiger partial charge in [-0.05, 0) is 25.0 Å². The Labute approximate surface area is 193 Å². The number of nitrogens with one attached hydrogen (secondary N) is 1. The van der Waals surface area contributed by atoms with Crippen LogP contribution in [0.3, 0.4) is 0 Å². The first-order valence-corrected chi connectivity index (χ1v) is 11.8. The highest BCUT2D eigenvalue weighted by Crippen LogP contribution is 2.33. The predicted octanol–water partition coefficient (Wildman–Crippen LogP) is 5.12. The van der Waals surface area contributed by atoms with Crippen LogP contribution in [0.4, 0.5) is 5.82 Å². The first-order chi connectivity index (χ1) is 15.5. The van der Waals surface area contributed by atoms with Gasteiger partial charge in [0.15, 0.2) is 11.0 Å². The Hall–Kier alpha value is -3.17. The number of carbonyl (C=O) groups excluding carboxylic acids is 1. The Morgan fingerprint density at radius 2 is 2.12 bits per heavy atom. The highest BCUT2D eigenvalue weighted by Gasteiger charge is 2.23. The number of aryl methyl sites for hydroxylation is 1. The van der Waals surface area contributed by atoms with E-state index in [1.807, 2.05) is 43.3 Å². The van der Waals surface area contributed by atoms with Gasteiger partial charge in [0, 0.05) is 17.5 Å². The van der Waals surface area contributed by atoms with E-state index < -0.39 is 5.25 Å². The van der Waals surface area contributed by atoms with Crippen LogP contribution >= 0.6 is 23.1 Å². The van der Waals surface area contributed by atoms with Gasteiger partial charge in [-0.3, -0.25) is 14.2 Å². The Morgan fingerprint density at radius 1 is 1.34 bits per heavy atom. The van der Waals surface area contributed by atoms with Crippen LogP contribution in [0.15, 0.2) is 69.6 Å². The highest BCUT2D eigenvalue weighted by atomic mass is 32.2. The Balaban J connectivity index is 1.69.